The predicted molar refractivity (Wildman–Crippen MR) is 125 cm³/mol. The molecule has 1 atom stereocenters. The van der Waals surface area contributed by atoms with E-state index in [1.54, 1.807) is 24.3 Å². The van der Waals surface area contributed by atoms with E-state index in [9.17, 15) is 4.79 Å². The van der Waals surface area contributed by atoms with Crippen LogP contribution < -0.4 is 19.5 Å². The van der Waals surface area contributed by atoms with Gasteiger partial charge in [-0.1, -0.05) is 35.5 Å². The Hall–Kier alpha value is -2.91. The first-order valence-corrected chi connectivity index (χ1v) is 12.0. The number of halogens is 1. The van der Waals surface area contributed by atoms with Crippen LogP contribution in [0.15, 0.2) is 47.6 Å². The lowest BCUT2D eigenvalue weighted by Gasteiger charge is -2.19. The van der Waals surface area contributed by atoms with Gasteiger partial charge in [-0.3, -0.25) is 9.36 Å². The average molecular weight is 487 g/mol. The summed E-state index contributed by atoms with van der Waals surface area (Å²) in [7, 11) is 0. The highest BCUT2D eigenvalue weighted by Crippen LogP contribution is 2.40. The van der Waals surface area contributed by atoms with Crippen LogP contribution in [0.2, 0.25) is 5.02 Å². The lowest BCUT2D eigenvalue weighted by molar-refractivity contribution is -0.115. The molecular weight excluding hydrogens is 464 g/mol. The van der Waals surface area contributed by atoms with E-state index in [2.05, 4.69) is 20.1 Å². The summed E-state index contributed by atoms with van der Waals surface area (Å²) >= 11 is 7.57. The van der Waals surface area contributed by atoms with Gasteiger partial charge in [-0.25, -0.2) is 0 Å². The molecule has 3 aromatic rings. The minimum atomic E-state index is -0.378. The molecule has 0 bridgehead atoms. The number of amides is 1. The van der Waals surface area contributed by atoms with E-state index in [0.717, 1.165) is 18.7 Å². The standard InChI is InChI=1S/C23H23ClN4O4S/c1-14(22(29)25-15-6-9-19-20(12-15)31-11-10-30-19)33-23-27-26-21(28(23)16-7-8-16)13-32-18-5-3-2-4-17(18)24/h2-6,9,12,14,16H,7-8,10-11,13H2,1H3,(H,25,29). The second-order valence-electron chi connectivity index (χ2n) is 7.83. The van der Waals surface area contributed by atoms with Gasteiger partial charge in [0, 0.05) is 17.8 Å². The summed E-state index contributed by atoms with van der Waals surface area (Å²) in [4.78, 5) is 12.8. The topological polar surface area (TPSA) is 87.5 Å². The molecule has 10 heteroatoms. The SMILES string of the molecule is CC(Sc1nnc(COc2ccccc2Cl)n1C1CC1)C(=O)Nc1ccc2c(c1)OCCO2. The van der Waals surface area contributed by atoms with Gasteiger partial charge in [-0.15, -0.1) is 10.2 Å². The molecule has 1 unspecified atom stereocenters. The van der Waals surface area contributed by atoms with Crippen LogP contribution in [-0.2, 0) is 11.4 Å². The number of benzene rings is 2. The Morgan fingerprint density at radius 1 is 1.21 bits per heavy atom. The van der Waals surface area contributed by atoms with E-state index in [-0.39, 0.29) is 17.8 Å². The van der Waals surface area contributed by atoms with Crippen molar-refractivity contribution in [2.75, 3.05) is 18.5 Å². The number of anilines is 1. The minimum Gasteiger partial charge on any atom is -0.486 e. The summed E-state index contributed by atoms with van der Waals surface area (Å²) in [6.45, 7) is 3.13. The van der Waals surface area contributed by atoms with Gasteiger partial charge in [0.05, 0.1) is 10.3 Å². The van der Waals surface area contributed by atoms with Crippen molar-refractivity contribution in [1.82, 2.24) is 14.8 Å². The number of para-hydroxylation sites is 1. The van der Waals surface area contributed by atoms with Crippen LogP contribution >= 0.6 is 23.4 Å². The normalized spacial score (nSPS) is 15.7. The van der Waals surface area contributed by atoms with Crippen molar-refractivity contribution in [3.8, 4) is 17.2 Å². The Morgan fingerprint density at radius 2 is 2.00 bits per heavy atom. The highest BCUT2D eigenvalue weighted by Gasteiger charge is 2.31. The number of thioether (sulfide) groups is 1. The first-order chi connectivity index (χ1) is 16.1. The first kappa shape index (κ1) is 21.9. The molecule has 0 radical (unpaired) electrons. The Kier molecular flexibility index (Phi) is 6.32. The maximum absolute atomic E-state index is 12.8. The molecule has 2 heterocycles. The van der Waals surface area contributed by atoms with Crippen LogP contribution in [0, 0.1) is 0 Å². The highest BCUT2D eigenvalue weighted by molar-refractivity contribution is 8.00. The summed E-state index contributed by atoms with van der Waals surface area (Å²) < 4.78 is 19.1. The molecule has 1 amide bonds. The van der Waals surface area contributed by atoms with Crippen molar-refractivity contribution in [1.29, 1.82) is 0 Å². The summed E-state index contributed by atoms with van der Waals surface area (Å²) in [6.07, 6.45) is 2.12. The first-order valence-electron chi connectivity index (χ1n) is 10.8. The largest absolute Gasteiger partial charge is 0.486 e. The zero-order chi connectivity index (χ0) is 22.8. The third-order valence-corrected chi connectivity index (χ3v) is 6.67. The summed E-state index contributed by atoms with van der Waals surface area (Å²) in [6, 6.07) is 13.0. The number of rotatable bonds is 8. The van der Waals surface area contributed by atoms with E-state index >= 15 is 0 Å². The molecule has 0 spiro atoms. The van der Waals surface area contributed by atoms with E-state index in [4.69, 9.17) is 25.8 Å². The zero-order valence-corrected chi connectivity index (χ0v) is 19.6. The molecule has 1 aromatic heterocycles. The van der Waals surface area contributed by atoms with Crippen molar-refractivity contribution in [3.05, 3.63) is 53.3 Å². The van der Waals surface area contributed by atoms with Crippen molar-refractivity contribution in [3.63, 3.8) is 0 Å². The van der Waals surface area contributed by atoms with Gasteiger partial charge in [-0.05, 0) is 44.0 Å². The molecule has 8 nitrogen and oxygen atoms in total. The van der Waals surface area contributed by atoms with Gasteiger partial charge in [0.15, 0.2) is 22.5 Å². The number of nitrogens with zero attached hydrogens (tertiary/aromatic N) is 3. The predicted octanol–water partition coefficient (Wildman–Crippen LogP) is 4.74. The van der Waals surface area contributed by atoms with Crippen molar-refractivity contribution < 1.29 is 19.0 Å². The molecule has 1 aliphatic carbocycles. The van der Waals surface area contributed by atoms with Crippen LogP contribution in [0.1, 0.15) is 31.6 Å². The third kappa shape index (κ3) is 5.04. The van der Waals surface area contributed by atoms with E-state index in [0.29, 0.717) is 52.4 Å². The van der Waals surface area contributed by atoms with Gasteiger partial charge < -0.3 is 19.5 Å². The van der Waals surface area contributed by atoms with Gasteiger partial charge in [0.25, 0.3) is 0 Å². The summed E-state index contributed by atoms with van der Waals surface area (Å²) in [5.41, 5.74) is 0.661. The van der Waals surface area contributed by atoms with Crippen molar-refractivity contribution >= 4 is 35.0 Å². The van der Waals surface area contributed by atoms with Gasteiger partial charge >= 0.3 is 0 Å². The van der Waals surface area contributed by atoms with Crippen molar-refractivity contribution in [2.45, 2.75) is 42.8 Å². The fourth-order valence-corrected chi connectivity index (χ4v) is 4.59. The van der Waals surface area contributed by atoms with E-state index in [1.807, 2.05) is 25.1 Å². The number of ether oxygens (including phenoxy) is 3. The molecule has 1 aliphatic heterocycles. The quantitative estimate of drug-likeness (QED) is 0.460. The lowest BCUT2D eigenvalue weighted by Crippen LogP contribution is -2.23. The van der Waals surface area contributed by atoms with Gasteiger partial charge in [0.2, 0.25) is 5.91 Å². The van der Waals surface area contributed by atoms with Crippen molar-refractivity contribution in [2.24, 2.45) is 0 Å². The second-order valence-corrected chi connectivity index (χ2v) is 9.54. The number of nitrogens with one attached hydrogen (secondary N) is 1. The van der Waals surface area contributed by atoms with Gasteiger partial charge in [-0.2, -0.15) is 0 Å². The summed E-state index contributed by atoms with van der Waals surface area (Å²) in [5, 5.41) is 12.5. The summed E-state index contributed by atoms with van der Waals surface area (Å²) in [5.74, 6) is 2.52. The molecular formula is C23H23ClN4O4S. The van der Waals surface area contributed by atoms with Crippen LogP contribution in [-0.4, -0.2) is 39.1 Å². The Morgan fingerprint density at radius 3 is 2.79 bits per heavy atom. The van der Waals surface area contributed by atoms with Crippen LogP contribution in [0.25, 0.3) is 0 Å². The number of hydrogen-bond acceptors (Lipinski definition) is 7. The van der Waals surface area contributed by atoms with E-state index in [1.165, 1.54) is 11.8 Å². The monoisotopic (exact) mass is 486 g/mol. The smallest absolute Gasteiger partial charge is 0.237 e. The van der Waals surface area contributed by atoms with Gasteiger partial charge in [0.1, 0.15) is 25.6 Å². The number of hydrogen-bond donors (Lipinski definition) is 1. The zero-order valence-electron chi connectivity index (χ0n) is 18.0. The molecule has 1 N–H and O–H groups in total. The van der Waals surface area contributed by atoms with Crippen LogP contribution in [0.4, 0.5) is 5.69 Å². The number of carbonyl (C=O) groups is 1. The molecule has 2 aliphatic rings. The molecule has 2 aromatic carbocycles. The lowest BCUT2D eigenvalue weighted by atomic mass is 10.2. The maximum Gasteiger partial charge on any atom is 0.237 e. The maximum atomic E-state index is 12.8. The van der Waals surface area contributed by atoms with Crippen LogP contribution in [0.3, 0.4) is 0 Å². The number of fused-ring (bicyclic) bond motifs is 1. The average Bonchev–Trinajstić information content (AvgIpc) is 3.59. The second kappa shape index (κ2) is 9.52. The fraction of sp³-hybridized carbons (Fsp3) is 0.348. The molecule has 1 fully saturated rings. The Bertz CT molecular complexity index is 1170. The molecule has 0 saturated heterocycles. The molecule has 1 saturated carbocycles. The molecule has 172 valence electrons. The Balaban J connectivity index is 1.25. The minimum absolute atomic E-state index is 0.129. The number of carbonyl (C=O) groups excluding carboxylic acids is 1. The molecule has 5 rings (SSSR count). The third-order valence-electron chi connectivity index (χ3n) is 5.30. The highest BCUT2D eigenvalue weighted by atomic mass is 35.5. The molecule has 33 heavy (non-hydrogen) atoms. The number of aromatic nitrogens is 3. The van der Waals surface area contributed by atoms with E-state index < -0.39 is 0 Å². The Labute approximate surface area is 200 Å². The fourth-order valence-electron chi connectivity index (χ4n) is 3.47. The van der Waals surface area contributed by atoms with Crippen LogP contribution in [0.5, 0.6) is 17.2 Å².